The Balaban J connectivity index is 1.63. The number of H-pyrrole nitrogens is 1. The van der Waals surface area contributed by atoms with Crippen LogP contribution in [-0.4, -0.2) is 41.8 Å². The third kappa shape index (κ3) is 4.54. The van der Waals surface area contributed by atoms with E-state index in [2.05, 4.69) is 15.3 Å². The molecule has 6 heteroatoms. The van der Waals surface area contributed by atoms with Crippen LogP contribution in [0, 0.1) is 0 Å². The number of fused-ring (bicyclic) bond motifs is 1. The number of aliphatic imine (C=N–C) groups is 1. The quantitative estimate of drug-likeness (QED) is 0.480. The molecule has 3 aromatic rings. The van der Waals surface area contributed by atoms with Gasteiger partial charge in [0.25, 0.3) is 0 Å². The lowest BCUT2D eigenvalue weighted by Crippen LogP contribution is -2.37. The first-order chi connectivity index (χ1) is 12.9. The largest absolute Gasteiger partial charge is 0.366 e. The standard InChI is InChI=1S/C21H25N5O/c1-14(26(2)3)24-16-8-10-17(11-9-16)25-21(27)19(22)12-15-13-23-20-7-5-4-6-18(15)20/h4-11,13,19,23H,12,22H2,1-3H3,(H,25,27)/b24-14+/t19-/m0/s1. The average Bonchev–Trinajstić information content (AvgIpc) is 3.06. The second-order valence-corrected chi connectivity index (χ2v) is 6.76. The number of amides is 1. The number of aromatic amines is 1. The van der Waals surface area contributed by atoms with E-state index in [-0.39, 0.29) is 5.91 Å². The Hall–Kier alpha value is -3.12. The summed E-state index contributed by atoms with van der Waals surface area (Å²) in [6.07, 6.45) is 2.39. The number of carbonyl (C=O) groups excluding carboxylic acids is 1. The fourth-order valence-corrected chi connectivity index (χ4v) is 2.77. The summed E-state index contributed by atoms with van der Waals surface area (Å²) in [5.41, 5.74) is 9.75. The lowest BCUT2D eigenvalue weighted by atomic mass is 10.0. The maximum Gasteiger partial charge on any atom is 0.241 e. The van der Waals surface area contributed by atoms with E-state index in [1.54, 1.807) is 0 Å². The highest BCUT2D eigenvalue weighted by atomic mass is 16.2. The summed E-state index contributed by atoms with van der Waals surface area (Å²) >= 11 is 0. The number of hydrogen-bond donors (Lipinski definition) is 3. The van der Waals surface area contributed by atoms with Crippen LogP contribution in [-0.2, 0) is 11.2 Å². The summed E-state index contributed by atoms with van der Waals surface area (Å²) in [6.45, 7) is 1.94. The van der Waals surface area contributed by atoms with Gasteiger partial charge in [-0.15, -0.1) is 0 Å². The summed E-state index contributed by atoms with van der Waals surface area (Å²) in [6, 6.07) is 14.8. The molecule has 0 spiro atoms. The molecule has 0 aliphatic heterocycles. The van der Waals surface area contributed by atoms with E-state index in [1.807, 2.05) is 80.6 Å². The summed E-state index contributed by atoms with van der Waals surface area (Å²) in [5, 5.41) is 3.97. The van der Waals surface area contributed by atoms with Crippen LogP contribution in [0.1, 0.15) is 12.5 Å². The molecular formula is C21H25N5O. The smallest absolute Gasteiger partial charge is 0.241 e. The Bertz CT molecular complexity index is 956. The number of nitrogens with two attached hydrogens (primary N) is 1. The van der Waals surface area contributed by atoms with Crippen LogP contribution in [0.4, 0.5) is 11.4 Å². The summed E-state index contributed by atoms with van der Waals surface area (Å²) in [7, 11) is 3.89. The molecule has 0 unspecified atom stereocenters. The van der Waals surface area contributed by atoms with Crippen molar-refractivity contribution in [3.63, 3.8) is 0 Å². The molecule has 0 bridgehead atoms. The number of aromatic nitrogens is 1. The van der Waals surface area contributed by atoms with E-state index >= 15 is 0 Å². The number of rotatable bonds is 5. The lowest BCUT2D eigenvalue weighted by Gasteiger charge is -2.13. The number of carbonyl (C=O) groups is 1. The minimum absolute atomic E-state index is 0.207. The average molecular weight is 363 g/mol. The van der Waals surface area contributed by atoms with Gasteiger partial charge < -0.3 is 20.9 Å². The second-order valence-electron chi connectivity index (χ2n) is 6.76. The van der Waals surface area contributed by atoms with Crippen LogP contribution in [0.5, 0.6) is 0 Å². The van der Waals surface area contributed by atoms with Crippen LogP contribution < -0.4 is 11.1 Å². The number of hydrogen-bond acceptors (Lipinski definition) is 3. The van der Waals surface area contributed by atoms with E-state index in [0.29, 0.717) is 12.1 Å². The molecule has 0 aliphatic carbocycles. The van der Waals surface area contributed by atoms with E-state index in [1.165, 1.54) is 0 Å². The zero-order chi connectivity index (χ0) is 19.4. The molecule has 1 aromatic heterocycles. The molecule has 6 nitrogen and oxygen atoms in total. The number of nitrogens with zero attached hydrogens (tertiary/aromatic N) is 2. The van der Waals surface area contributed by atoms with Crippen molar-refractivity contribution >= 4 is 34.0 Å². The van der Waals surface area contributed by atoms with Crippen LogP contribution in [0.25, 0.3) is 10.9 Å². The van der Waals surface area contributed by atoms with E-state index in [4.69, 9.17) is 5.73 Å². The maximum atomic E-state index is 12.4. The summed E-state index contributed by atoms with van der Waals surface area (Å²) in [5.74, 6) is 0.702. The summed E-state index contributed by atoms with van der Waals surface area (Å²) in [4.78, 5) is 22.1. The van der Waals surface area contributed by atoms with Gasteiger partial charge in [0.05, 0.1) is 11.7 Å². The van der Waals surface area contributed by atoms with Gasteiger partial charge >= 0.3 is 0 Å². The van der Waals surface area contributed by atoms with Crippen LogP contribution in [0.15, 0.2) is 59.7 Å². The molecule has 27 heavy (non-hydrogen) atoms. The molecule has 1 atom stereocenters. The zero-order valence-electron chi connectivity index (χ0n) is 15.9. The Labute approximate surface area is 159 Å². The molecule has 0 fully saturated rings. The van der Waals surface area contributed by atoms with Gasteiger partial charge in [-0.25, -0.2) is 4.99 Å². The number of anilines is 1. The van der Waals surface area contributed by atoms with Gasteiger partial charge in [0.15, 0.2) is 0 Å². The first-order valence-corrected chi connectivity index (χ1v) is 8.88. The molecule has 1 amide bonds. The highest BCUT2D eigenvalue weighted by molar-refractivity contribution is 5.95. The molecule has 0 saturated heterocycles. The highest BCUT2D eigenvalue weighted by Gasteiger charge is 2.16. The monoisotopic (exact) mass is 363 g/mol. The Kier molecular flexibility index (Phi) is 5.57. The van der Waals surface area contributed by atoms with Crippen molar-refractivity contribution in [2.24, 2.45) is 10.7 Å². The molecule has 1 heterocycles. The zero-order valence-corrected chi connectivity index (χ0v) is 15.9. The second kappa shape index (κ2) is 8.05. The van der Waals surface area contributed by atoms with Crippen molar-refractivity contribution in [2.45, 2.75) is 19.4 Å². The predicted molar refractivity (Wildman–Crippen MR) is 112 cm³/mol. The molecular weight excluding hydrogens is 338 g/mol. The lowest BCUT2D eigenvalue weighted by molar-refractivity contribution is -0.117. The third-order valence-electron chi connectivity index (χ3n) is 4.52. The maximum absolute atomic E-state index is 12.4. The molecule has 0 radical (unpaired) electrons. The van der Waals surface area contributed by atoms with Gasteiger partial charge in [-0.1, -0.05) is 18.2 Å². The number of nitrogens with one attached hydrogen (secondary N) is 2. The van der Waals surface area contributed by atoms with E-state index in [0.717, 1.165) is 28.0 Å². The van der Waals surface area contributed by atoms with Gasteiger partial charge in [-0.05, 0) is 49.2 Å². The molecule has 140 valence electrons. The highest BCUT2D eigenvalue weighted by Crippen LogP contribution is 2.20. The van der Waals surface area contributed by atoms with Crippen molar-refractivity contribution in [1.82, 2.24) is 9.88 Å². The van der Waals surface area contributed by atoms with Crippen LogP contribution >= 0.6 is 0 Å². The van der Waals surface area contributed by atoms with E-state index < -0.39 is 6.04 Å². The van der Waals surface area contributed by atoms with Crippen molar-refractivity contribution in [3.05, 3.63) is 60.3 Å². The Morgan fingerprint density at radius 1 is 1.19 bits per heavy atom. The van der Waals surface area contributed by atoms with Crippen molar-refractivity contribution in [3.8, 4) is 0 Å². The van der Waals surface area contributed by atoms with Crippen molar-refractivity contribution in [1.29, 1.82) is 0 Å². The number of amidine groups is 1. The van der Waals surface area contributed by atoms with E-state index in [9.17, 15) is 4.79 Å². The molecule has 2 aromatic carbocycles. The Morgan fingerprint density at radius 3 is 2.59 bits per heavy atom. The first kappa shape index (κ1) is 18.7. The first-order valence-electron chi connectivity index (χ1n) is 8.88. The fraction of sp³-hybridized carbons (Fsp3) is 0.238. The van der Waals surface area contributed by atoms with Crippen LogP contribution in [0.3, 0.4) is 0 Å². The Morgan fingerprint density at radius 2 is 1.89 bits per heavy atom. The van der Waals surface area contributed by atoms with Gasteiger partial charge in [-0.2, -0.15) is 0 Å². The minimum Gasteiger partial charge on any atom is -0.366 e. The SMILES string of the molecule is C/C(=N\c1ccc(NC(=O)[C@@H](N)Cc2c[nH]c3ccccc23)cc1)N(C)C. The molecule has 0 aliphatic rings. The van der Waals surface area contributed by atoms with Crippen molar-refractivity contribution in [2.75, 3.05) is 19.4 Å². The molecule has 0 saturated carbocycles. The summed E-state index contributed by atoms with van der Waals surface area (Å²) < 4.78 is 0. The number of para-hydroxylation sites is 1. The van der Waals surface area contributed by atoms with Crippen molar-refractivity contribution < 1.29 is 4.79 Å². The predicted octanol–water partition coefficient (Wildman–Crippen LogP) is 3.29. The van der Waals surface area contributed by atoms with Gasteiger partial charge in [0, 0.05) is 36.9 Å². The van der Waals surface area contributed by atoms with Crippen LogP contribution in [0.2, 0.25) is 0 Å². The fourth-order valence-electron chi connectivity index (χ4n) is 2.77. The number of benzene rings is 2. The minimum atomic E-state index is -0.627. The molecule has 3 rings (SSSR count). The van der Waals surface area contributed by atoms with Gasteiger partial charge in [0.2, 0.25) is 5.91 Å². The topological polar surface area (TPSA) is 86.5 Å². The van der Waals surface area contributed by atoms with Gasteiger partial charge in [-0.3, -0.25) is 4.79 Å². The van der Waals surface area contributed by atoms with Gasteiger partial charge in [0.1, 0.15) is 5.84 Å². The normalized spacial score (nSPS) is 12.8. The third-order valence-corrected chi connectivity index (χ3v) is 4.52. The molecule has 4 N–H and O–H groups in total.